The van der Waals surface area contributed by atoms with Crippen LogP contribution in [-0.2, 0) is 0 Å². The number of piperidine rings is 1. The van der Waals surface area contributed by atoms with E-state index in [4.69, 9.17) is 5.11 Å². The van der Waals surface area contributed by atoms with Crippen LogP contribution in [0.1, 0.15) is 32.6 Å². The Morgan fingerprint density at radius 2 is 1.87 bits per heavy atom. The Morgan fingerprint density at radius 3 is 2.33 bits per heavy atom. The maximum absolute atomic E-state index is 10.8. The van der Waals surface area contributed by atoms with Crippen molar-refractivity contribution in [3.63, 3.8) is 0 Å². The standard InChI is InChI=1S/C11H20N2O2/c1-9-3-2-6-13(9)10-4-7-12(8-5-10)11(14)15/h9-10H,2-8H2,1H3,(H,14,15). The predicted molar refractivity (Wildman–Crippen MR) is 58.0 cm³/mol. The van der Waals surface area contributed by atoms with Crippen LogP contribution in [0, 0.1) is 0 Å². The Kier molecular flexibility index (Phi) is 3.14. The summed E-state index contributed by atoms with van der Waals surface area (Å²) in [4.78, 5) is 14.9. The average molecular weight is 212 g/mol. The molecule has 0 aromatic carbocycles. The Bertz CT molecular complexity index is 237. The summed E-state index contributed by atoms with van der Waals surface area (Å²) >= 11 is 0. The second kappa shape index (κ2) is 4.39. The summed E-state index contributed by atoms with van der Waals surface area (Å²) in [5, 5.41) is 8.85. The molecule has 0 bridgehead atoms. The Morgan fingerprint density at radius 1 is 1.20 bits per heavy atom. The first-order chi connectivity index (χ1) is 7.18. The van der Waals surface area contributed by atoms with Gasteiger partial charge >= 0.3 is 6.09 Å². The highest BCUT2D eigenvalue weighted by atomic mass is 16.4. The van der Waals surface area contributed by atoms with Gasteiger partial charge in [0.2, 0.25) is 0 Å². The second-order valence-electron chi connectivity index (χ2n) is 4.73. The van der Waals surface area contributed by atoms with Gasteiger partial charge in [-0.15, -0.1) is 0 Å². The van der Waals surface area contributed by atoms with E-state index in [-0.39, 0.29) is 0 Å². The SMILES string of the molecule is CC1CCCN1C1CCN(C(=O)O)CC1. The molecule has 2 aliphatic rings. The van der Waals surface area contributed by atoms with E-state index in [1.165, 1.54) is 24.3 Å². The molecule has 15 heavy (non-hydrogen) atoms. The largest absolute Gasteiger partial charge is 0.465 e. The fourth-order valence-corrected chi connectivity index (χ4v) is 2.89. The topological polar surface area (TPSA) is 43.8 Å². The first-order valence-electron chi connectivity index (χ1n) is 5.92. The normalized spacial score (nSPS) is 29.7. The third-order valence-electron chi connectivity index (χ3n) is 3.81. The first-order valence-corrected chi connectivity index (χ1v) is 5.92. The summed E-state index contributed by atoms with van der Waals surface area (Å²) in [5.74, 6) is 0. The van der Waals surface area contributed by atoms with Crippen LogP contribution in [-0.4, -0.2) is 52.7 Å². The number of hydrogen-bond acceptors (Lipinski definition) is 2. The number of hydrogen-bond donors (Lipinski definition) is 1. The van der Waals surface area contributed by atoms with Crippen LogP contribution in [0.25, 0.3) is 0 Å². The van der Waals surface area contributed by atoms with Crippen LogP contribution in [0.2, 0.25) is 0 Å². The molecule has 2 saturated heterocycles. The zero-order valence-corrected chi connectivity index (χ0v) is 9.35. The summed E-state index contributed by atoms with van der Waals surface area (Å²) in [5.41, 5.74) is 0. The van der Waals surface area contributed by atoms with Crippen LogP contribution in [0.3, 0.4) is 0 Å². The highest BCUT2D eigenvalue weighted by Crippen LogP contribution is 2.25. The van der Waals surface area contributed by atoms with E-state index in [1.54, 1.807) is 0 Å². The number of carboxylic acid groups (broad SMARTS) is 1. The molecule has 4 heteroatoms. The van der Waals surface area contributed by atoms with Gasteiger partial charge in [-0.3, -0.25) is 4.90 Å². The highest BCUT2D eigenvalue weighted by Gasteiger charge is 2.31. The molecule has 0 saturated carbocycles. The fourth-order valence-electron chi connectivity index (χ4n) is 2.89. The minimum atomic E-state index is -0.761. The van der Waals surface area contributed by atoms with E-state index in [2.05, 4.69) is 11.8 Å². The molecule has 0 radical (unpaired) electrons. The molecule has 86 valence electrons. The maximum Gasteiger partial charge on any atom is 0.407 e. The molecule has 1 atom stereocenters. The second-order valence-corrected chi connectivity index (χ2v) is 4.73. The van der Waals surface area contributed by atoms with Gasteiger partial charge in [-0.25, -0.2) is 4.79 Å². The van der Waals surface area contributed by atoms with E-state index in [0.717, 1.165) is 12.8 Å². The lowest BCUT2D eigenvalue weighted by Gasteiger charge is -2.37. The van der Waals surface area contributed by atoms with Crippen LogP contribution < -0.4 is 0 Å². The van der Waals surface area contributed by atoms with E-state index < -0.39 is 6.09 Å². The first kappa shape index (κ1) is 10.7. The van der Waals surface area contributed by atoms with Gasteiger partial charge in [0, 0.05) is 25.2 Å². The molecule has 2 aliphatic heterocycles. The van der Waals surface area contributed by atoms with Gasteiger partial charge < -0.3 is 10.0 Å². The van der Waals surface area contributed by atoms with Crippen molar-refractivity contribution in [1.29, 1.82) is 0 Å². The third-order valence-corrected chi connectivity index (χ3v) is 3.81. The van der Waals surface area contributed by atoms with Gasteiger partial charge in [-0.05, 0) is 39.2 Å². The molecule has 0 aliphatic carbocycles. The van der Waals surface area contributed by atoms with Gasteiger partial charge in [-0.1, -0.05) is 0 Å². The minimum Gasteiger partial charge on any atom is -0.465 e. The molecule has 0 spiro atoms. The number of likely N-dealkylation sites (tertiary alicyclic amines) is 2. The molecular formula is C11H20N2O2. The molecular weight excluding hydrogens is 192 g/mol. The van der Waals surface area contributed by atoms with E-state index in [1.807, 2.05) is 0 Å². The van der Waals surface area contributed by atoms with Gasteiger partial charge in [0.1, 0.15) is 0 Å². The third kappa shape index (κ3) is 2.25. The van der Waals surface area contributed by atoms with Gasteiger partial charge in [0.25, 0.3) is 0 Å². The Hall–Kier alpha value is -0.770. The summed E-state index contributed by atoms with van der Waals surface area (Å²) in [6, 6.07) is 1.32. The summed E-state index contributed by atoms with van der Waals surface area (Å²) in [6.07, 6.45) is 3.87. The summed E-state index contributed by atoms with van der Waals surface area (Å²) in [6.45, 7) is 4.92. The maximum atomic E-state index is 10.8. The molecule has 0 aromatic rings. The van der Waals surface area contributed by atoms with Crippen molar-refractivity contribution < 1.29 is 9.90 Å². The molecule has 1 N–H and O–H groups in total. The lowest BCUT2D eigenvalue weighted by Crippen LogP contribution is -2.47. The quantitative estimate of drug-likeness (QED) is 0.718. The zero-order valence-electron chi connectivity index (χ0n) is 9.35. The highest BCUT2D eigenvalue weighted by molar-refractivity contribution is 5.65. The lowest BCUT2D eigenvalue weighted by atomic mass is 10.0. The number of amides is 1. The Balaban J connectivity index is 1.85. The van der Waals surface area contributed by atoms with Crippen molar-refractivity contribution in [1.82, 2.24) is 9.80 Å². The van der Waals surface area contributed by atoms with Crippen molar-refractivity contribution >= 4 is 6.09 Å². The minimum absolute atomic E-state index is 0.623. The molecule has 1 amide bonds. The van der Waals surface area contributed by atoms with Crippen LogP contribution in [0.5, 0.6) is 0 Å². The number of nitrogens with zero attached hydrogens (tertiary/aromatic N) is 2. The van der Waals surface area contributed by atoms with Crippen LogP contribution in [0.4, 0.5) is 4.79 Å². The Labute approximate surface area is 90.9 Å². The van der Waals surface area contributed by atoms with E-state index >= 15 is 0 Å². The fraction of sp³-hybridized carbons (Fsp3) is 0.909. The summed E-state index contributed by atoms with van der Waals surface area (Å²) < 4.78 is 0. The van der Waals surface area contributed by atoms with Gasteiger partial charge in [0.15, 0.2) is 0 Å². The van der Waals surface area contributed by atoms with Crippen LogP contribution >= 0.6 is 0 Å². The van der Waals surface area contributed by atoms with Crippen molar-refractivity contribution in [2.24, 2.45) is 0 Å². The van der Waals surface area contributed by atoms with Crippen molar-refractivity contribution in [2.45, 2.75) is 44.7 Å². The smallest absolute Gasteiger partial charge is 0.407 e. The molecule has 2 heterocycles. The van der Waals surface area contributed by atoms with Crippen LogP contribution in [0.15, 0.2) is 0 Å². The number of carbonyl (C=O) groups is 1. The molecule has 0 aromatic heterocycles. The molecule has 2 rings (SSSR count). The summed E-state index contributed by atoms with van der Waals surface area (Å²) in [7, 11) is 0. The van der Waals surface area contributed by atoms with Crippen molar-refractivity contribution in [3.05, 3.63) is 0 Å². The lowest BCUT2D eigenvalue weighted by molar-refractivity contribution is 0.0922. The van der Waals surface area contributed by atoms with Crippen molar-refractivity contribution in [2.75, 3.05) is 19.6 Å². The molecule has 2 fully saturated rings. The van der Waals surface area contributed by atoms with E-state index in [9.17, 15) is 4.79 Å². The zero-order chi connectivity index (χ0) is 10.8. The molecule has 4 nitrogen and oxygen atoms in total. The monoisotopic (exact) mass is 212 g/mol. The van der Waals surface area contributed by atoms with Gasteiger partial charge in [-0.2, -0.15) is 0 Å². The van der Waals surface area contributed by atoms with Gasteiger partial charge in [0.05, 0.1) is 0 Å². The van der Waals surface area contributed by atoms with E-state index in [0.29, 0.717) is 25.2 Å². The molecule has 1 unspecified atom stereocenters. The number of rotatable bonds is 1. The van der Waals surface area contributed by atoms with Crippen molar-refractivity contribution in [3.8, 4) is 0 Å². The average Bonchev–Trinajstić information content (AvgIpc) is 2.65. The predicted octanol–water partition coefficient (Wildman–Crippen LogP) is 1.61.